The molecule has 0 aromatic heterocycles. The number of rotatable bonds is 5. The van der Waals surface area contributed by atoms with Gasteiger partial charge in [0.25, 0.3) is 0 Å². The molecule has 0 spiro atoms. The Hall–Kier alpha value is -0.420. The second-order valence-corrected chi connectivity index (χ2v) is 5.39. The van der Waals surface area contributed by atoms with Crippen LogP contribution in [-0.4, -0.2) is 46.2 Å². The van der Waals surface area contributed by atoms with Crippen molar-refractivity contribution in [3.63, 3.8) is 0 Å². The highest BCUT2D eigenvalue weighted by Crippen LogP contribution is 2.02. The molecule has 0 aliphatic heterocycles. The first-order valence-corrected chi connectivity index (χ1v) is 6.12. The summed E-state index contributed by atoms with van der Waals surface area (Å²) in [7, 11) is 2.16. The number of carbonyl (C=O) groups excluding carboxylic acids is 1. The van der Waals surface area contributed by atoms with Crippen LogP contribution in [0.25, 0.3) is 0 Å². The van der Waals surface area contributed by atoms with Gasteiger partial charge in [-0.05, 0) is 13.3 Å². The highest BCUT2D eigenvalue weighted by atomic mass is 32.2. The molecule has 0 heterocycles. The minimum Gasteiger partial charge on any atom is -0.348 e. The van der Waals surface area contributed by atoms with Gasteiger partial charge in [-0.2, -0.15) is 0 Å². The van der Waals surface area contributed by atoms with E-state index in [9.17, 15) is 9.00 Å². The lowest BCUT2D eigenvalue weighted by atomic mass is 10.3. The van der Waals surface area contributed by atoms with Crippen molar-refractivity contribution in [1.82, 2.24) is 4.90 Å². The molecule has 0 aromatic rings. The average Bonchev–Trinajstić information content (AvgIpc) is 2.14. The lowest BCUT2D eigenvalue weighted by Gasteiger charge is -2.17. The van der Waals surface area contributed by atoms with E-state index in [1.807, 2.05) is 6.92 Å². The topological polar surface area (TPSA) is 63.4 Å². The number of nitrogens with two attached hydrogens (primary N) is 1. The Bertz CT molecular complexity index is 219. The van der Waals surface area contributed by atoms with Crippen LogP contribution in [0.4, 0.5) is 0 Å². The maximum atomic E-state index is 11.6. The maximum Gasteiger partial charge on any atom is 0.237 e. The van der Waals surface area contributed by atoms with Gasteiger partial charge >= 0.3 is 0 Å². The third kappa shape index (κ3) is 4.19. The van der Waals surface area contributed by atoms with Gasteiger partial charge < -0.3 is 10.6 Å². The van der Waals surface area contributed by atoms with E-state index in [4.69, 9.17) is 5.73 Å². The molecule has 0 aliphatic rings. The van der Waals surface area contributed by atoms with E-state index in [0.29, 0.717) is 5.75 Å². The van der Waals surface area contributed by atoms with Crippen LogP contribution in [0.1, 0.15) is 20.3 Å². The lowest BCUT2D eigenvalue weighted by Crippen LogP contribution is -2.38. The highest BCUT2D eigenvalue weighted by Gasteiger charge is 2.22. The Kier molecular flexibility index (Phi) is 5.95. The molecule has 0 saturated heterocycles. The fourth-order valence-electron chi connectivity index (χ4n) is 0.949. The number of hydrogen-bond acceptors (Lipinski definition) is 3. The number of carbonyl (C=O) groups is 1. The van der Waals surface area contributed by atoms with E-state index in [1.165, 1.54) is 4.90 Å². The molecule has 3 atom stereocenters. The molecule has 3 unspecified atom stereocenters. The summed E-state index contributed by atoms with van der Waals surface area (Å²) in [5.74, 6) is 0.295. The second-order valence-electron chi connectivity index (χ2n) is 3.59. The van der Waals surface area contributed by atoms with Gasteiger partial charge in [0.15, 0.2) is 0 Å². The molecule has 0 rings (SSSR count). The summed E-state index contributed by atoms with van der Waals surface area (Å²) in [4.78, 5) is 12.9. The van der Waals surface area contributed by atoms with E-state index in [1.54, 1.807) is 21.0 Å². The van der Waals surface area contributed by atoms with Gasteiger partial charge in [0.05, 0.1) is 0 Å². The summed E-state index contributed by atoms with van der Waals surface area (Å²) in [6.07, 6.45) is 0.786. The van der Waals surface area contributed by atoms with Crippen molar-refractivity contribution in [2.24, 2.45) is 5.73 Å². The van der Waals surface area contributed by atoms with Crippen LogP contribution < -0.4 is 5.73 Å². The Morgan fingerprint density at radius 3 is 2.36 bits per heavy atom. The lowest BCUT2D eigenvalue weighted by molar-refractivity contribution is -0.127. The molecule has 1 amide bonds. The normalized spacial score (nSPS) is 17.2. The smallest absolute Gasteiger partial charge is 0.237 e. The predicted molar refractivity (Wildman–Crippen MR) is 59.4 cm³/mol. The van der Waals surface area contributed by atoms with Gasteiger partial charge in [0.2, 0.25) is 5.91 Å². The summed E-state index contributed by atoms with van der Waals surface area (Å²) < 4.78 is 11.6. The van der Waals surface area contributed by atoms with E-state index in [0.717, 1.165) is 6.42 Å². The van der Waals surface area contributed by atoms with Gasteiger partial charge in [0, 0.05) is 36.7 Å². The molecule has 5 heteroatoms. The molecule has 2 N–H and O–H groups in total. The Labute approximate surface area is 88.3 Å². The van der Waals surface area contributed by atoms with Crippen molar-refractivity contribution < 1.29 is 9.00 Å². The van der Waals surface area contributed by atoms with E-state index >= 15 is 0 Å². The summed E-state index contributed by atoms with van der Waals surface area (Å²) in [6.45, 7) is 3.63. The van der Waals surface area contributed by atoms with Crippen LogP contribution in [0.15, 0.2) is 0 Å². The monoisotopic (exact) mass is 220 g/mol. The van der Waals surface area contributed by atoms with E-state index < -0.39 is 16.0 Å². The molecule has 84 valence electrons. The summed E-state index contributed by atoms with van der Waals surface area (Å²) in [5, 5.41) is -0.456. The Morgan fingerprint density at radius 1 is 1.50 bits per heavy atom. The molecular weight excluding hydrogens is 200 g/mol. The highest BCUT2D eigenvalue weighted by molar-refractivity contribution is 7.86. The molecule has 14 heavy (non-hydrogen) atoms. The fourth-order valence-corrected chi connectivity index (χ4v) is 2.33. The molecule has 0 aromatic carbocycles. The van der Waals surface area contributed by atoms with Crippen molar-refractivity contribution in [2.75, 3.05) is 19.8 Å². The number of nitrogens with zero attached hydrogens (tertiary/aromatic N) is 1. The zero-order chi connectivity index (χ0) is 11.3. The van der Waals surface area contributed by atoms with Crippen molar-refractivity contribution >= 4 is 16.7 Å². The van der Waals surface area contributed by atoms with E-state index in [2.05, 4.69) is 0 Å². The summed E-state index contributed by atoms with van der Waals surface area (Å²) in [6, 6.07) is -0.0757. The Morgan fingerprint density at radius 2 is 2.00 bits per heavy atom. The largest absolute Gasteiger partial charge is 0.348 e. The first kappa shape index (κ1) is 13.6. The molecule has 0 aliphatic carbocycles. The van der Waals surface area contributed by atoms with Crippen LogP contribution in [0.3, 0.4) is 0 Å². The maximum absolute atomic E-state index is 11.6. The van der Waals surface area contributed by atoms with Crippen molar-refractivity contribution in [3.05, 3.63) is 0 Å². The third-order valence-electron chi connectivity index (χ3n) is 2.09. The molecule has 0 fully saturated rings. The van der Waals surface area contributed by atoms with Crippen LogP contribution in [0.2, 0.25) is 0 Å². The minimum absolute atomic E-state index is 0.0757. The SMILES string of the molecule is CCC(N)CS(=O)C(C)C(=O)N(C)C. The van der Waals surface area contributed by atoms with Crippen molar-refractivity contribution in [3.8, 4) is 0 Å². The summed E-state index contributed by atoms with van der Waals surface area (Å²) in [5.41, 5.74) is 5.67. The fraction of sp³-hybridized carbons (Fsp3) is 0.889. The summed E-state index contributed by atoms with van der Waals surface area (Å²) >= 11 is 0. The third-order valence-corrected chi connectivity index (χ3v) is 3.83. The Balaban J connectivity index is 4.19. The minimum atomic E-state index is -1.16. The quantitative estimate of drug-likeness (QED) is 0.706. The van der Waals surface area contributed by atoms with Gasteiger partial charge in [-0.15, -0.1) is 0 Å². The van der Waals surface area contributed by atoms with Gasteiger partial charge in [-0.25, -0.2) is 0 Å². The van der Waals surface area contributed by atoms with Gasteiger partial charge in [-0.3, -0.25) is 9.00 Å². The number of amides is 1. The van der Waals surface area contributed by atoms with Gasteiger partial charge in [-0.1, -0.05) is 6.92 Å². The molecule has 0 saturated carbocycles. The first-order chi connectivity index (χ1) is 6.40. The van der Waals surface area contributed by atoms with Crippen LogP contribution in [0, 0.1) is 0 Å². The first-order valence-electron chi connectivity index (χ1n) is 4.74. The molecule has 4 nitrogen and oxygen atoms in total. The average molecular weight is 220 g/mol. The molecular formula is C9H20N2O2S. The predicted octanol–water partition coefficient (Wildman–Crippen LogP) is -0.0509. The van der Waals surface area contributed by atoms with Crippen molar-refractivity contribution in [1.29, 1.82) is 0 Å². The zero-order valence-electron chi connectivity index (χ0n) is 9.32. The van der Waals surface area contributed by atoms with Gasteiger partial charge in [0.1, 0.15) is 5.25 Å². The van der Waals surface area contributed by atoms with Crippen molar-refractivity contribution in [2.45, 2.75) is 31.6 Å². The van der Waals surface area contributed by atoms with Crippen LogP contribution in [-0.2, 0) is 15.6 Å². The van der Waals surface area contributed by atoms with Crippen LogP contribution >= 0.6 is 0 Å². The second kappa shape index (κ2) is 6.14. The molecule has 0 radical (unpaired) electrons. The zero-order valence-corrected chi connectivity index (χ0v) is 10.1. The van der Waals surface area contributed by atoms with E-state index in [-0.39, 0.29) is 11.9 Å². The standard InChI is InChI=1S/C9H20N2O2S/c1-5-8(10)6-14(13)7(2)9(12)11(3)4/h7-8H,5-6,10H2,1-4H3. The van der Waals surface area contributed by atoms with Crippen LogP contribution in [0.5, 0.6) is 0 Å². The number of hydrogen-bond donors (Lipinski definition) is 1. The molecule has 0 bridgehead atoms.